The van der Waals surface area contributed by atoms with Gasteiger partial charge in [0.15, 0.2) is 5.82 Å². The van der Waals surface area contributed by atoms with Crippen LogP contribution >= 0.6 is 0 Å². The maximum absolute atomic E-state index is 12.6. The first-order chi connectivity index (χ1) is 14.2. The predicted octanol–water partition coefficient (Wildman–Crippen LogP) is 3.43. The molecule has 1 fully saturated rings. The molecule has 0 atom stereocenters. The number of aromatic nitrogens is 4. The number of anilines is 1. The van der Waals surface area contributed by atoms with Gasteiger partial charge in [0.1, 0.15) is 0 Å². The Kier molecular flexibility index (Phi) is 4.27. The van der Waals surface area contributed by atoms with Gasteiger partial charge in [0, 0.05) is 23.4 Å². The lowest BCUT2D eigenvalue weighted by atomic mass is 10.1. The number of carbonyl (C=O) groups excluding carboxylic acids is 1. The van der Waals surface area contributed by atoms with E-state index in [4.69, 9.17) is 0 Å². The number of imidazole rings is 1. The molecule has 4 aromatic rings. The summed E-state index contributed by atoms with van der Waals surface area (Å²) in [5.41, 5.74) is 4.11. The first kappa shape index (κ1) is 17.5. The molecule has 2 aromatic carbocycles. The largest absolute Gasteiger partial charge is 0.326 e. The quantitative estimate of drug-likeness (QED) is 0.473. The molecule has 2 aromatic heterocycles. The Labute approximate surface area is 166 Å². The maximum Gasteiger partial charge on any atom is 0.326 e. The maximum atomic E-state index is 12.6. The first-order valence-electron chi connectivity index (χ1n) is 9.81. The summed E-state index contributed by atoms with van der Waals surface area (Å²) in [6, 6.07) is 17.7. The van der Waals surface area contributed by atoms with Crippen molar-refractivity contribution in [2.45, 2.75) is 31.7 Å². The van der Waals surface area contributed by atoms with Crippen LogP contribution in [0.5, 0.6) is 0 Å². The molecular formula is C22H21N5O2. The lowest BCUT2D eigenvalue weighted by Crippen LogP contribution is -2.14. The number of fused-ring (bicyclic) bond motifs is 1. The molecule has 3 N–H and O–H groups in total. The molecule has 0 aliphatic heterocycles. The fraction of sp³-hybridized carbons (Fsp3) is 0.227. The van der Waals surface area contributed by atoms with E-state index in [0.29, 0.717) is 16.9 Å². The number of rotatable bonds is 6. The molecule has 1 amide bonds. The van der Waals surface area contributed by atoms with Crippen molar-refractivity contribution >= 4 is 22.8 Å². The van der Waals surface area contributed by atoms with Crippen molar-refractivity contribution in [3.63, 3.8) is 0 Å². The molecule has 0 saturated heterocycles. The minimum atomic E-state index is -0.256. The zero-order valence-electron chi connectivity index (χ0n) is 15.8. The minimum absolute atomic E-state index is 0.115. The zero-order chi connectivity index (χ0) is 19.8. The van der Waals surface area contributed by atoms with E-state index in [1.54, 1.807) is 16.7 Å². The van der Waals surface area contributed by atoms with Crippen molar-refractivity contribution in [1.29, 1.82) is 0 Å². The Morgan fingerprint density at radius 3 is 2.72 bits per heavy atom. The number of amides is 1. The number of aromatic amines is 2. The lowest BCUT2D eigenvalue weighted by Gasteiger charge is -2.03. The highest BCUT2D eigenvalue weighted by Gasteiger charge is 2.27. The fourth-order valence-corrected chi connectivity index (χ4v) is 3.63. The topological polar surface area (TPSA) is 95.6 Å². The molecule has 0 radical (unpaired) electrons. The van der Waals surface area contributed by atoms with E-state index in [-0.39, 0.29) is 17.6 Å². The molecule has 1 saturated carbocycles. The fourth-order valence-electron chi connectivity index (χ4n) is 3.63. The predicted molar refractivity (Wildman–Crippen MR) is 111 cm³/mol. The summed E-state index contributed by atoms with van der Waals surface area (Å²) in [7, 11) is 0. The van der Waals surface area contributed by atoms with E-state index in [0.717, 1.165) is 36.9 Å². The van der Waals surface area contributed by atoms with Gasteiger partial charge in [0.25, 0.3) is 5.91 Å². The van der Waals surface area contributed by atoms with E-state index in [1.165, 1.54) is 5.56 Å². The van der Waals surface area contributed by atoms with Gasteiger partial charge in [0.05, 0.1) is 11.0 Å². The number of hydrogen-bond donors (Lipinski definition) is 3. The molecular weight excluding hydrogens is 366 g/mol. The van der Waals surface area contributed by atoms with Gasteiger partial charge in [-0.1, -0.05) is 30.3 Å². The second-order valence-corrected chi connectivity index (χ2v) is 7.48. The summed E-state index contributed by atoms with van der Waals surface area (Å²) in [5.74, 6) is 0.232. The van der Waals surface area contributed by atoms with Gasteiger partial charge in [-0.3, -0.25) is 14.5 Å². The van der Waals surface area contributed by atoms with Crippen LogP contribution < -0.4 is 11.0 Å². The third-order valence-corrected chi connectivity index (χ3v) is 5.29. The van der Waals surface area contributed by atoms with Crippen molar-refractivity contribution in [2.75, 3.05) is 5.32 Å². The highest BCUT2D eigenvalue weighted by molar-refractivity contribution is 6.05. The summed E-state index contributed by atoms with van der Waals surface area (Å²) in [6.07, 6.45) is 3.77. The molecule has 1 aliphatic carbocycles. The third-order valence-electron chi connectivity index (χ3n) is 5.29. The number of nitrogens with one attached hydrogen (secondary N) is 3. The van der Waals surface area contributed by atoms with Crippen LogP contribution in [0.1, 0.15) is 40.5 Å². The average molecular weight is 387 g/mol. The number of hydrogen-bond acceptors (Lipinski definition) is 3. The van der Waals surface area contributed by atoms with Crippen LogP contribution in [0.4, 0.5) is 5.82 Å². The number of carbonyl (C=O) groups is 1. The third kappa shape index (κ3) is 3.59. The summed E-state index contributed by atoms with van der Waals surface area (Å²) in [4.78, 5) is 27.6. The second-order valence-electron chi connectivity index (χ2n) is 7.48. The summed E-state index contributed by atoms with van der Waals surface area (Å²) < 4.78 is 1.78. The molecule has 7 nitrogen and oxygen atoms in total. The summed E-state index contributed by atoms with van der Waals surface area (Å²) in [6.45, 7) is 0. The summed E-state index contributed by atoms with van der Waals surface area (Å²) >= 11 is 0. The molecule has 0 spiro atoms. The number of nitrogens with zero attached hydrogens (tertiary/aromatic N) is 2. The molecule has 7 heteroatoms. The molecule has 0 unspecified atom stereocenters. The van der Waals surface area contributed by atoms with Crippen LogP contribution in [-0.2, 0) is 12.8 Å². The Hall–Kier alpha value is -3.61. The van der Waals surface area contributed by atoms with Crippen molar-refractivity contribution < 1.29 is 4.79 Å². The number of aryl methyl sites for hydroxylation is 2. The van der Waals surface area contributed by atoms with E-state index in [2.05, 4.69) is 32.6 Å². The Morgan fingerprint density at radius 2 is 1.93 bits per heavy atom. The Balaban J connectivity index is 1.28. The molecule has 29 heavy (non-hydrogen) atoms. The van der Waals surface area contributed by atoms with Crippen LogP contribution in [0.15, 0.2) is 59.4 Å². The van der Waals surface area contributed by atoms with Crippen LogP contribution in [0.3, 0.4) is 0 Å². The van der Waals surface area contributed by atoms with Gasteiger partial charge >= 0.3 is 5.69 Å². The molecule has 146 valence electrons. The van der Waals surface area contributed by atoms with Crippen LogP contribution in [0, 0.1) is 0 Å². The van der Waals surface area contributed by atoms with Gasteiger partial charge in [-0.2, -0.15) is 5.10 Å². The zero-order valence-corrected chi connectivity index (χ0v) is 15.8. The Bertz CT molecular complexity index is 1230. The number of H-pyrrole nitrogens is 2. The van der Waals surface area contributed by atoms with Crippen LogP contribution in [0.2, 0.25) is 0 Å². The van der Waals surface area contributed by atoms with Crippen LogP contribution in [-0.4, -0.2) is 25.7 Å². The highest BCUT2D eigenvalue weighted by Crippen LogP contribution is 2.35. The molecule has 2 heterocycles. The van der Waals surface area contributed by atoms with Gasteiger partial charge in [-0.05, 0) is 49.4 Å². The smallest absolute Gasteiger partial charge is 0.306 e. The summed E-state index contributed by atoms with van der Waals surface area (Å²) in [5, 5.41) is 9.98. The number of benzene rings is 2. The monoisotopic (exact) mass is 387 g/mol. The van der Waals surface area contributed by atoms with Crippen molar-refractivity contribution in [3.05, 3.63) is 81.9 Å². The van der Waals surface area contributed by atoms with Gasteiger partial charge in [0.2, 0.25) is 0 Å². The minimum Gasteiger partial charge on any atom is -0.306 e. The van der Waals surface area contributed by atoms with E-state index < -0.39 is 0 Å². The molecule has 5 rings (SSSR count). The lowest BCUT2D eigenvalue weighted by molar-refractivity contribution is 0.102. The van der Waals surface area contributed by atoms with Gasteiger partial charge < -0.3 is 10.3 Å². The SMILES string of the molecule is O=C(Nc1cc(CCc2ccccc2)[nH]n1)c1ccc2c(c1)[nH]c(=O)n2C1CC1. The van der Waals surface area contributed by atoms with Crippen molar-refractivity contribution in [3.8, 4) is 0 Å². The van der Waals surface area contributed by atoms with E-state index >= 15 is 0 Å². The molecule has 1 aliphatic rings. The van der Waals surface area contributed by atoms with Gasteiger partial charge in [-0.15, -0.1) is 0 Å². The average Bonchev–Trinajstić information content (AvgIpc) is 3.37. The van der Waals surface area contributed by atoms with E-state index in [1.807, 2.05) is 30.3 Å². The standard InChI is InChI=1S/C22H21N5O2/c28-21(15-7-11-19-18(12-15)23-22(29)27(19)17-9-10-17)24-20-13-16(25-26-20)8-6-14-4-2-1-3-5-14/h1-5,7,11-13,17H,6,8-10H2,(H,23,29)(H2,24,25,26,28). The first-order valence-corrected chi connectivity index (χ1v) is 9.81. The second kappa shape index (κ2) is 7.09. The van der Waals surface area contributed by atoms with Gasteiger partial charge in [-0.25, -0.2) is 4.79 Å². The van der Waals surface area contributed by atoms with Crippen LogP contribution in [0.25, 0.3) is 11.0 Å². The Morgan fingerprint density at radius 1 is 1.10 bits per heavy atom. The van der Waals surface area contributed by atoms with E-state index in [9.17, 15) is 9.59 Å². The van der Waals surface area contributed by atoms with Crippen molar-refractivity contribution in [2.24, 2.45) is 0 Å². The normalized spacial score (nSPS) is 13.7. The van der Waals surface area contributed by atoms with Crippen molar-refractivity contribution in [1.82, 2.24) is 19.7 Å². The highest BCUT2D eigenvalue weighted by atomic mass is 16.2. The molecule has 0 bridgehead atoms.